The van der Waals surface area contributed by atoms with Gasteiger partial charge in [0.15, 0.2) is 5.82 Å². The number of carbonyl (C=O) groups is 2. The van der Waals surface area contributed by atoms with E-state index in [0.29, 0.717) is 54.0 Å². The first-order valence-electron chi connectivity index (χ1n) is 10.0. The lowest BCUT2D eigenvalue weighted by molar-refractivity contribution is -0.131. The van der Waals surface area contributed by atoms with Gasteiger partial charge in [0, 0.05) is 63.5 Å². The Morgan fingerprint density at radius 1 is 1.32 bits per heavy atom. The predicted molar refractivity (Wildman–Crippen MR) is 117 cm³/mol. The fourth-order valence-corrected chi connectivity index (χ4v) is 4.02. The Morgan fingerprint density at radius 3 is 2.84 bits per heavy atom. The van der Waals surface area contributed by atoms with Crippen LogP contribution in [0.15, 0.2) is 36.7 Å². The molecule has 7 nitrogen and oxygen atoms in total. The molecule has 3 heterocycles. The number of aromatic nitrogens is 3. The fourth-order valence-electron chi connectivity index (χ4n) is 3.76. The minimum Gasteiger partial charge on any atom is -0.348 e. The zero-order valence-electron chi connectivity index (χ0n) is 17.4. The van der Waals surface area contributed by atoms with Crippen molar-refractivity contribution in [3.05, 3.63) is 58.8 Å². The zero-order chi connectivity index (χ0) is 22.1. The number of benzene rings is 1. The van der Waals surface area contributed by atoms with E-state index in [1.165, 1.54) is 4.90 Å². The van der Waals surface area contributed by atoms with Crippen molar-refractivity contribution in [3.63, 3.8) is 0 Å². The summed E-state index contributed by atoms with van der Waals surface area (Å²) < 4.78 is 17.1. The second kappa shape index (κ2) is 8.55. The molecule has 0 fully saturated rings. The summed E-state index contributed by atoms with van der Waals surface area (Å²) in [5.41, 5.74) is 1.50. The number of aryl methyl sites for hydroxylation is 1. The van der Waals surface area contributed by atoms with E-state index in [1.54, 1.807) is 42.0 Å². The van der Waals surface area contributed by atoms with Gasteiger partial charge in [-0.25, -0.2) is 4.39 Å². The van der Waals surface area contributed by atoms with Crippen LogP contribution >= 0.6 is 11.6 Å². The average Bonchev–Trinajstić information content (AvgIpc) is 3.44. The minimum absolute atomic E-state index is 0.00702. The van der Waals surface area contributed by atoms with Crippen molar-refractivity contribution in [3.8, 4) is 0 Å². The van der Waals surface area contributed by atoms with Gasteiger partial charge in [-0.15, -0.1) is 0 Å². The number of H-pyrrole nitrogens is 1. The summed E-state index contributed by atoms with van der Waals surface area (Å²) >= 11 is 6.43. The van der Waals surface area contributed by atoms with Gasteiger partial charge in [0.05, 0.1) is 10.5 Å². The first kappa shape index (κ1) is 21.1. The molecule has 0 aliphatic carbocycles. The highest BCUT2D eigenvalue weighted by molar-refractivity contribution is 6.36. The fraction of sp³-hybridized carbons (Fsp3) is 0.318. The van der Waals surface area contributed by atoms with Gasteiger partial charge in [0.1, 0.15) is 5.69 Å². The minimum atomic E-state index is -0.478. The van der Waals surface area contributed by atoms with Crippen LogP contribution in [0.1, 0.15) is 28.9 Å². The van der Waals surface area contributed by atoms with Gasteiger partial charge in [-0.05, 0) is 30.2 Å². The van der Waals surface area contributed by atoms with Crippen LogP contribution in [0, 0.1) is 5.82 Å². The van der Waals surface area contributed by atoms with Crippen molar-refractivity contribution < 1.29 is 14.0 Å². The van der Waals surface area contributed by atoms with E-state index in [9.17, 15) is 9.59 Å². The van der Waals surface area contributed by atoms with Crippen LogP contribution in [0.3, 0.4) is 0 Å². The van der Waals surface area contributed by atoms with E-state index in [4.69, 9.17) is 11.6 Å². The van der Waals surface area contributed by atoms with Gasteiger partial charge < -0.3 is 14.8 Å². The maximum atomic E-state index is 15.4. The first-order valence-corrected chi connectivity index (χ1v) is 10.4. The van der Waals surface area contributed by atoms with E-state index in [-0.39, 0.29) is 23.0 Å². The molecule has 1 aromatic carbocycles. The molecule has 0 radical (unpaired) electrons. The monoisotopic (exact) mass is 443 g/mol. The normalized spacial score (nSPS) is 14.1. The highest BCUT2D eigenvalue weighted by atomic mass is 35.5. The molecule has 3 aromatic rings. The zero-order valence-corrected chi connectivity index (χ0v) is 18.1. The summed E-state index contributed by atoms with van der Waals surface area (Å²) in [7, 11) is 3.25. The lowest BCUT2D eigenvalue weighted by Crippen LogP contribution is -2.36. The number of aromatic amines is 1. The standard InChI is InChI=1S/C22H23ClFN5O2/c1-27(2)22(31)18-12-16-17(23)11-15(20(24)21(16)26-18)14-5-3-8-28(13-14)19(30)6-10-29-9-4-7-25-29/h4-5,7,9,11-12,26H,3,6,8,10,13H2,1-2H3. The molecule has 0 unspecified atom stereocenters. The van der Waals surface area contributed by atoms with Crippen LogP contribution in [0.2, 0.25) is 5.02 Å². The molecule has 4 rings (SSSR count). The van der Waals surface area contributed by atoms with E-state index >= 15 is 4.39 Å². The van der Waals surface area contributed by atoms with E-state index < -0.39 is 5.82 Å². The number of hydrogen-bond donors (Lipinski definition) is 1. The molecule has 1 aliphatic heterocycles. The summed E-state index contributed by atoms with van der Waals surface area (Å²) in [6.07, 6.45) is 6.38. The third-order valence-electron chi connectivity index (χ3n) is 5.40. The van der Waals surface area contributed by atoms with E-state index in [0.717, 1.165) is 0 Å². The molecule has 0 saturated heterocycles. The van der Waals surface area contributed by atoms with Crippen LogP contribution in [0.5, 0.6) is 0 Å². The number of fused-ring (bicyclic) bond motifs is 1. The topological polar surface area (TPSA) is 74.2 Å². The second-order valence-electron chi connectivity index (χ2n) is 7.74. The SMILES string of the molecule is CN(C)C(=O)c1cc2c(Cl)cc(C3=CCCN(C(=O)CCn4cccn4)C3)c(F)c2[nH]1. The third kappa shape index (κ3) is 4.20. The number of carbonyl (C=O) groups excluding carboxylic acids is 2. The Bertz CT molecular complexity index is 1170. The van der Waals surface area contributed by atoms with Crippen molar-refractivity contribution >= 4 is 39.9 Å². The van der Waals surface area contributed by atoms with Crippen molar-refractivity contribution in [2.75, 3.05) is 27.2 Å². The molecule has 31 heavy (non-hydrogen) atoms. The van der Waals surface area contributed by atoms with Crippen molar-refractivity contribution in [2.45, 2.75) is 19.4 Å². The predicted octanol–water partition coefficient (Wildman–Crippen LogP) is 3.56. The Labute approximate surface area is 184 Å². The van der Waals surface area contributed by atoms with Gasteiger partial charge >= 0.3 is 0 Å². The first-order chi connectivity index (χ1) is 14.8. The molecular weight excluding hydrogens is 421 g/mol. The number of rotatable bonds is 5. The van der Waals surface area contributed by atoms with Crippen molar-refractivity contribution in [2.24, 2.45) is 0 Å². The Balaban J connectivity index is 1.57. The number of nitrogens with zero attached hydrogens (tertiary/aromatic N) is 4. The lowest BCUT2D eigenvalue weighted by Gasteiger charge is -2.28. The summed E-state index contributed by atoms with van der Waals surface area (Å²) in [6, 6.07) is 4.95. The summed E-state index contributed by atoms with van der Waals surface area (Å²) in [4.78, 5) is 30.9. The van der Waals surface area contributed by atoms with Gasteiger partial charge in [0.25, 0.3) is 5.91 Å². The molecular formula is C22H23ClFN5O2. The van der Waals surface area contributed by atoms with Crippen LogP contribution < -0.4 is 0 Å². The van der Waals surface area contributed by atoms with Gasteiger partial charge in [-0.3, -0.25) is 14.3 Å². The molecule has 0 bridgehead atoms. The van der Waals surface area contributed by atoms with Crippen LogP contribution in [0.25, 0.3) is 16.5 Å². The highest BCUT2D eigenvalue weighted by Crippen LogP contribution is 2.34. The third-order valence-corrected chi connectivity index (χ3v) is 5.71. The largest absolute Gasteiger partial charge is 0.348 e. The molecule has 1 N–H and O–H groups in total. The smallest absolute Gasteiger partial charge is 0.269 e. The number of hydrogen-bond acceptors (Lipinski definition) is 3. The second-order valence-corrected chi connectivity index (χ2v) is 8.15. The molecule has 0 saturated carbocycles. The molecule has 2 aromatic heterocycles. The number of nitrogens with one attached hydrogen (secondary N) is 1. The molecule has 162 valence electrons. The highest BCUT2D eigenvalue weighted by Gasteiger charge is 2.24. The molecule has 1 aliphatic rings. The number of halogens is 2. The Morgan fingerprint density at radius 2 is 2.13 bits per heavy atom. The Kier molecular flexibility index (Phi) is 5.82. The quantitative estimate of drug-likeness (QED) is 0.655. The van der Waals surface area contributed by atoms with E-state index in [1.807, 2.05) is 18.3 Å². The van der Waals surface area contributed by atoms with Gasteiger partial charge in [0.2, 0.25) is 5.91 Å². The van der Waals surface area contributed by atoms with Crippen molar-refractivity contribution in [1.29, 1.82) is 0 Å². The summed E-state index contributed by atoms with van der Waals surface area (Å²) in [5.74, 6) is -0.749. The molecule has 2 amide bonds. The molecule has 9 heteroatoms. The molecule has 0 spiro atoms. The molecule has 0 atom stereocenters. The van der Waals surface area contributed by atoms with Crippen LogP contribution in [0.4, 0.5) is 4.39 Å². The summed E-state index contributed by atoms with van der Waals surface area (Å²) in [6.45, 7) is 1.39. The van der Waals surface area contributed by atoms with Crippen molar-refractivity contribution in [1.82, 2.24) is 24.6 Å². The maximum Gasteiger partial charge on any atom is 0.269 e. The van der Waals surface area contributed by atoms with Gasteiger partial charge in [-0.2, -0.15) is 5.10 Å². The lowest BCUT2D eigenvalue weighted by atomic mass is 9.99. The number of amides is 2. The maximum absolute atomic E-state index is 15.4. The van der Waals surface area contributed by atoms with Crippen LogP contribution in [-0.2, 0) is 11.3 Å². The Hall–Kier alpha value is -3.13. The average molecular weight is 444 g/mol. The van der Waals surface area contributed by atoms with Crippen LogP contribution in [-0.4, -0.2) is 63.6 Å². The van der Waals surface area contributed by atoms with E-state index in [2.05, 4.69) is 10.1 Å². The summed E-state index contributed by atoms with van der Waals surface area (Å²) in [5, 5.41) is 4.92. The van der Waals surface area contributed by atoms with Gasteiger partial charge in [-0.1, -0.05) is 17.7 Å².